The summed E-state index contributed by atoms with van der Waals surface area (Å²) < 4.78 is 0. The van der Waals surface area contributed by atoms with Crippen LogP contribution in [0.4, 0.5) is 0 Å². The van der Waals surface area contributed by atoms with Gasteiger partial charge in [0.2, 0.25) is 5.91 Å². The van der Waals surface area contributed by atoms with Gasteiger partial charge in [-0.25, -0.2) is 4.79 Å². The van der Waals surface area contributed by atoms with Crippen molar-refractivity contribution in [2.24, 2.45) is 11.8 Å². The molecular formula is C15H23NO3. The number of carbonyl (C=O) groups excluding carboxylic acids is 1. The fourth-order valence-corrected chi connectivity index (χ4v) is 3.15. The molecule has 2 aliphatic carbocycles. The third-order valence-electron chi connectivity index (χ3n) is 4.32. The van der Waals surface area contributed by atoms with Crippen molar-refractivity contribution < 1.29 is 14.7 Å². The summed E-state index contributed by atoms with van der Waals surface area (Å²) in [5.74, 6) is -0.904. The maximum Gasteiger partial charge on any atom is 0.326 e. The van der Waals surface area contributed by atoms with Crippen LogP contribution in [0.5, 0.6) is 0 Å². The molecule has 1 amide bonds. The predicted molar refractivity (Wildman–Crippen MR) is 72.6 cm³/mol. The zero-order chi connectivity index (χ0) is 13.7. The molecule has 2 aliphatic rings. The molecule has 2 rings (SSSR count). The first kappa shape index (κ1) is 14.1. The normalized spacial score (nSPS) is 25.8. The van der Waals surface area contributed by atoms with E-state index in [-0.39, 0.29) is 17.7 Å². The molecular weight excluding hydrogens is 242 g/mol. The molecule has 0 spiro atoms. The second kappa shape index (κ2) is 6.73. The van der Waals surface area contributed by atoms with Gasteiger partial charge in [0.25, 0.3) is 0 Å². The van der Waals surface area contributed by atoms with E-state index in [1.807, 2.05) is 6.08 Å². The Kier molecular flexibility index (Phi) is 5.00. The first-order chi connectivity index (χ1) is 9.18. The minimum atomic E-state index is -0.883. The van der Waals surface area contributed by atoms with E-state index in [4.69, 9.17) is 0 Å². The Balaban J connectivity index is 1.93. The lowest BCUT2D eigenvalue weighted by Gasteiger charge is -2.29. The van der Waals surface area contributed by atoms with Gasteiger partial charge in [0.15, 0.2) is 0 Å². The molecule has 19 heavy (non-hydrogen) atoms. The second-order valence-electron chi connectivity index (χ2n) is 5.70. The standard InChI is InChI=1S/C15H23NO3/c17-14(12-9-5-2-6-10-12)16-13(15(18)19)11-7-3-1-4-8-11/h2,5,11-13H,1,3-4,6-10H2,(H,16,17)(H,18,19). The average molecular weight is 265 g/mol. The van der Waals surface area contributed by atoms with Gasteiger partial charge >= 0.3 is 5.97 Å². The number of amides is 1. The predicted octanol–water partition coefficient (Wildman–Crippen LogP) is 2.49. The van der Waals surface area contributed by atoms with Gasteiger partial charge in [0.1, 0.15) is 6.04 Å². The first-order valence-corrected chi connectivity index (χ1v) is 7.36. The lowest BCUT2D eigenvalue weighted by Crippen LogP contribution is -2.48. The van der Waals surface area contributed by atoms with Crippen molar-refractivity contribution in [2.45, 2.75) is 57.4 Å². The molecule has 4 nitrogen and oxygen atoms in total. The lowest BCUT2D eigenvalue weighted by molar-refractivity contribution is -0.144. The molecule has 1 saturated carbocycles. The Bertz CT molecular complexity index is 358. The Hall–Kier alpha value is -1.32. The van der Waals surface area contributed by atoms with Crippen molar-refractivity contribution in [3.05, 3.63) is 12.2 Å². The highest BCUT2D eigenvalue weighted by Crippen LogP contribution is 2.27. The molecule has 0 bridgehead atoms. The summed E-state index contributed by atoms with van der Waals surface area (Å²) in [5, 5.41) is 12.1. The van der Waals surface area contributed by atoms with Crippen molar-refractivity contribution in [1.82, 2.24) is 5.32 Å². The average Bonchev–Trinajstić information content (AvgIpc) is 2.46. The third-order valence-corrected chi connectivity index (χ3v) is 4.32. The SMILES string of the molecule is O=C(NC(C(=O)O)C1CCCCC1)C1CC=CCC1. The molecule has 0 aliphatic heterocycles. The van der Waals surface area contributed by atoms with Gasteiger partial charge in [-0.2, -0.15) is 0 Å². The van der Waals surface area contributed by atoms with Crippen LogP contribution in [0.15, 0.2) is 12.2 Å². The highest BCUT2D eigenvalue weighted by atomic mass is 16.4. The van der Waals surface area contributed by atoms with E-state index >= 15 is 0 Å². The van der Waals surface area contributed by atoms with Crippen molar-refractivity contribution in [3.63, 3.8) is 0 Å². The first-order valence-electron chi connectivity index (χ1n) is 7.36. The number of hydrogen-bond acceptors (Lipinski definition) is 2. The lowest BCUT2D eigenvalue weighted by atomic mass is 9.83. The molecule has 0 aromatic carbocycles. The van der Waals surface area contributed by atoms with Gasteiger partial charge in [-0.3, -0.25) is 4.79 Å². The van der Waals surface area contributed by atoms with Crippen molar-refractivity contribution in [1.29, 1.82) is 0 Å². The summed E-state index contributed by atoms with van der Waals surface area (Å²) in [5.41, 5.74) is 0. The molecule has 0 aromatic rings. The van der Waals surface area contributed by atoms with Crippen LogP contribution in [0.1, 0.15) is 51.4 Å². The summed E-state index contributed by atoms with van der Waals surface area (Å²) in [6.07, 6.45) is 11.8. The number of allylic oxidation sites excluding steroid dienone is 2. The third kappa shape index (κ3) is 3.82. The Morgan fingerprint density at radius 3 is 2.42 bits per heavy atom. The van der Waals surface area contributed by atoms with Gasteiger partial charge in [-0.15, -0.1) is 0 Å². The second-order valence-corrected chi connectivity index (χ2v) is 5.70. The maximum absolute atomic E-state index is 12.1. The van der Waals surface area contributed by atoms with E-state index in [0.29, 0.717) is 0 Å². The van der Waals surface area contributed by atoms with E-state index < -0.39 is 12.0 Å². The van der Waals surface area contributed by atoms with E-state index in [9.17, 15) is 14.7 Å². The zero-order valence-electron chi connectivity index (χ0n) is 11.3. The van der Waals surface area contributed by atoms with Gasteiger partial charge in [0.05, 0.1) is 0 Å². The van der Waals surface area contributed by atoms with Gasteiger partial charge < -0.3 is 10.4 Å². The van der Waals surface area contributed by atoms with E-state index in [1.54, 1.807) is 0 Å². The summed E-state index contributed by atoms with van der Waals surface area (Å²) in [6.45, 7) is 0. The van der Waals surface area contributed by atoms with Crippen LogP contribution >= 0.6 is 0 Å². The molecule has 4 heteroatoms. The van der Waals surface area contributed by atoms with Gasteiger partial charge in [0, 0.05) is 5.92 Å². The number of carboxylic acids is 1. The van der Waals surface area contributed by atoms with Crippen LogP contribution in [-0.4, -0.2) is 23.0 Å². The van der Waals surface area contributed by atoms with Crippen molar-refractivity contribution in [2.75, 3.05) is 0 Å². The number of hydrogen-bond donors (Lipinski definition) is 2. The molecule has 1 fully saturated rings. The molecule has 2 N–H and O–H groups in total. The molecule has 0 aromatic heterocycles. The molecule has 0 heterocycles. The fourth-order valence-electron chi connectivity index (χ4n) is 3.15. The highest BCUT2D eigenvalue weighted by Gasteiger charge is 2.32. The quantitative estimate of drug-likeness (QED) is 0.767. The topological polar surface area (TPSA) is 66.4 Å². The zero-order valence-corrected chi connectivity index (χ0v) is 11.3. The van der Waals surface area contributed by atoms with Crippen molar-refractivity contribution in [3.8, 4) is 0 Å². The van der Waals surface area contributed by atoms with E-state index in [2.05, 4.69) is 11.4 Å². The summed E-state index contributed by atoms with van der Waals surface area (Å²) in [4.78, 5) is 23.5. The van der Waals surface area contributed by atoms with E-state index in [1.165, 1.54) is 6.42 Å². The maximum atomic E-state index is 12.1. The molecule has 106 valence electrons. The largest absolute Gasteiger partial charge is 0.480 e. The highest BCUT2D eigenvalue weighted by molar-refractivity contribution is 5.85. The van der Waals surface area contributed by atoms with Crippen LogP contribution in [0.25, 0.3) is 0 Å². The number of rotatable bonds is 4. The molecule has 0 saturated heterocycles. The van der Waals surface area contributed by atoms with Gasteiger partial charge in [-0.05, 0) is 38.0 Å². The van der Waals surface area contributed by atoms with Crippen LogP contribution in [-0.2, 0) is 9.59 Å². The molecule has 2 unspecified atom stereocenters. The monoisotopic (exact) mass is 265 g/mol. The van der Waals surface area contributed by atoms with Crippen molar-refractivity contribution >= 4 is 11.9 Å². The van der Waals surface area contributed by atoms with Crippen LogP contribution in [0, 0.1) is 11.8 Å². The Labute approximate surface area is 114 Å². The van der Waals surface area contributed by atoms with Crippen LogP contribution in [0.2, 0.25) is 0 Å². The minimum Gasteiger partial charge on any atom is -0.480 e. The number of carbonyl (C=O) groups is 2. The summed E-state index contributed by atoms with van der Waals surface area (Å²) >= 11 is 0. The summed E-state index contributed by atoms with van der Waals surface area (Å²) in [6, 6.07) is -0.696. The minimum absolute atomic E-state index is 0.0459. The van der Waals surface area contributed by atoms with Gasteiger partial charge in [-0.1, -0.05) is 31.4 Å². The molecule has 2 atom stereocenters. The summed E-state index contributed by atoms with van der Waals surface area (Å²) in [7, 11) is 0. The smallest absolute Gasteiger partial charge is 0.326 e. The Morgan fingerprint density at radius 1 is 1.11 bits per heavy atom. The fraction of sp³-hybridized carbons (Fsp3) is 0.733. The molecule has 0 radical (unpaired) electrons. The van der Waals surface area contributed by atoms with Crippen LogP contribution < -0.4 is 5.32 Å². The number of carboxylic acid groups (broad SMARTS) is 1. The van der Waals surface area contributed by atoms with Crippen LogP contribution in [0.3, 0.4) is 0 Å². The van der Waals surface area contributed by atoms with E-state index in [0.717, 1.165) is 44.9 Å². The Morgan fingerprint density at radius 2 is 1.84 bits per heavy atom. The number of nitrogens with one attached hydrogen (secondary N) is 1. The number of aliphatic carboxylic acids is 1.